The van der Waals surface area contributed by atoms with Crippen LogP contribution in [0.2, 0.25) is 0 Å². The standard InChI is InChI=1S/C20H24F3N3O2/c1-2-28-18(27)11-8-15-13-26(25-19(15)14-6-4-3-5-7-14)17-10-9-16(12-24-17)20(21,22)23/h9-10,12-14H,2-8,11H2,1H3. The average Bonchev–Trinajstić information content (AvgIpc) is 3.11. The summed E-state index contributed by atoms with van der Waals surface area (Å²) in [6.45, 7) is 2.10. The Bertz CT molecular complexity index is 794. The van der Waals surface area contributed by atoms with Gasteiger partial charge in [-0.25, -0.2) is 9.67 Å². The fraction of sp³-hybridized carbons (Fsp3) is 0.550. The molecule has 1 aliphatic rings. The topological polar surface area (TPSA) is 57.0 Å². The van der Waals surface area contributed by atoms with Crippen molar-refractivity contribution < 1.29 is 22.7 Å². The first kappa shape index (κ1) is 20.4. The van der Waals surface area contributed by atoms with Gasteiger partial charge in [-0.2, -0.15) is 18.3 Å². The van der Waals surface area contributed by atoms with E-state index in [-0.39, 0.29) is 12.4 Å². The number of pyridine rings is 1. The summed E-state index contributed by atoms with van der Waals surface area (Å²) < 4.78 is 44.8. The predicted octanol–water partition coefficient (Wildman–Crippen LogP) is 4.83. The lowest BCUT2D eigenvalue weighted by molar-refractivity contribution is -0.143. The number of ether oxygens (including phenoxy) is 1. The van der Waals surface area contributed by atoms with E-state index in [1.54, 1.807) is 13.1 Å². The van der Waals surface area contributed by atoms with Gasteiger partial charge in [0.1, 0.15) is 0 Å². The van der Waals surface area contributed by atoms with Crippen molar-refractivity contribution in [2.45, 2.75) is 64.0 Å². The van der Waals surface area contributed by atoms with Crippen molar-refractivity contribution in [1.29, 1.82) is 0 Å². The van der Waals surface area contributed by atoms with E-state index < -0.39 is 11.7 Å². The van der Waals surface area contributed by atoms with Crippen LogP contribution < -0.4 is 0 Å². The molecule has 28 heavy (non-hydrogen) atoms. The third-order valence-electron chi connectivity index (χ3n) is 5.03. The fourth-order valence-corrected chi connectivity index (χ4v) is 3.61. The zero-order valence-corrected chi connectivity index (χ0v) is 15.8. The molecule has 2 aromatic heterocycles. The molecule has 0 atom stereocenters. The van der Waals surface area contributed by atoms with Crippen LogP contribution in [-0.4, -0.2) is 27.3 Å². The smallest absolute Gasteiger partial charge is 0.417 e. The summed E-state index contributed by atoms with van der Waals surface area (Å²) in [4.78, 5) is 15.7. The number of alkyl halides is 3. The average molecular weight is 395 g/mol. The van der Waals surface area contributed by atoms with Crippen molar-refractivity contribution >= 4 is 5.97 Å². The van der Waals surface area contributed by atoms with Gasteiger partial charge in [0.15, 0.2) is 5.82 Å². The van der Waals surface area contributed by atoms with Crippen molar-refractivity contribution in [3.63, 3.8) is 0 Å². The van der Waals surface area contributed by atoms with Crippen LogP contribution in [0.25, 0.3) is 5.82 Å². The molecule has 0 aliphatic heterocycles. The summed E-state index contributed by atoms with van der Waals surface area (Å²) in [7, 11) is 0. The first-order chi connectivity index (χ1) is 13.4. The molecule has 0 N–H and O–H groups in total. The second-order valence-corrected chi connectivity index (χ2v) is 7.03. The van der Waals surface area contributed by atoms with E-state index in [1.165, 1.54) is 17.2 Å². The number of rotatable bonds is 6. The third kappa shape index (κ3) is 4.91. The lowest BCUT2D eigenvalue weighted by Gasteiger charge is -2.20. The van der Waals surface area contributed by atoms with Crippen LogP contribution in [0.15, 0.2) is 24.5 Å². The monoisotopic (exact) mass is 395 g/mol. The maximum Gasteiger partial charge on any atom is 0.417 e. The number of esters is 1. The molecule has 1 fully saturated rings. The second kappa shape index (κ2) is 8.75. The van der Waals surface area contributed by atoms with E-state index in [2.05, 4.69) is 10.1 Å². The highest BCUT2D eigenvalue weighted by Crippen LogP contribution is 2.34. The molecule has 1 saturated carbocycles. The lowest BCUT2D eigenvalue weighted by atomic mass is 9.85. The number of nitrogens with zero attached hydrogens (tertiary/aromatic N) is 3. The lowest BCUT2D eigenvalue weighted by Crippen LogP contribution is -2.10. The Balaban J connectivity index is 1.86. The number of hydrogen-bond acceptors (Lipinski definition) is 4. The summed E-state index contributed by atoms with van der Waals surface area (Å²) in [5, 5.41) is 4.64. The van der Waals surface area contributed by atoms with E-state index >= 15 is 0 Å². The van der Waals surface area contributed by atoms with Gasteiger partial charge in [-0.3, -0.25) is 4.79 Å². The molecule has 2 aromatic rings. The largest absolute Gasteiger partial charge is 0.466 e. The first-order valence-electron chi connectivity index (χ1n) is 9.66. The minimum Gasteiger partial charge on any atom is -0.466 e. The van der Waals surface area contributed by atoms with Crippen LogP contribution in [-0.2, 0) is 22.1 Å². The van der Waals surface area contributed by atoms with E-state index in [0.29, 0.717) is 24.8 Å². The Hall–Kier alpha value is -2.38. The maximum absolute atomic E-state index is 12.8. The Labute approximate surface area is 161 Å². The Morgan fingerprint density at radius 1 is 1.25 bits per heavy atom. The fourth-order valence-electron chi connectivity index (χ4n) is 3.61. The van der Waals surface area contributed by atoms with E-state index in [1.807, 2.05) is 0 Å². The molecule has 0 unspecified atom stereocenters. The normalized spacial score (nSPS) is 15.6. The summed E-state index contributed by atoms with van der Waals surface area (Å²) in [6.07, 6.45) is 4.44. The maximum atomic E-state index is 12.8. The van der Waals surface area contributed by atoms with Gasteiger partial charge in [0.05, 0.1) is 17.9 Å². The van der Waals surface area contributed by atoms with Gasteiger partial charge in [0.25, 0.3) is 0 Å². The molecule has 0 amide bonds. The Kier molecular flexibility index (Phi) is 6.36. The van der Waals surface area contributed by atoms with Crippen molar-refractivity contribution in [3.8, 4) is 5.82 Å². The molecule has 0 saturated heterocycles. The first-order valence-corrected chi connectivity index (χ1v) is 9.66. The third-order valence-corrected chi connectivity index (χ3v) is 5.03. The van der Waals surface area contributed by atoms with Crippen LogP contribution in [0.3, 0.4) is 0 Å². The summed E-state index contributed by atoms with van der Waals surface area (Å²) in [6, 6.07) is 2.32. The van der Waals surface area contributed by atoms with Gasteiger partial charge >= 0.3 is 12.1 Å². The molecule has 0 radical (unpaired) electrons. The summed E-state index contributed by atoms with van der Waals surface area (Å²) in [5.41, 5.74) is 1.06. The van der Waals surface area contributed by atoms with E-state index in [0.717, 1.165) is 49.2 Å². The van der Waals surface area contributed by atoms with Gasteiger partial charge < -0.3 is 4.74 Å². The molecule has 0 spiro atoms. The number of hydrogen-bond donors (Lipinski definition) is 0. The summed E-state index contributed by atoms with van der Waals surface area (Å²) in [5.74, 6) is 0.367. The van der Waals surface area contributed by atoms with Crippen molar-refractivity contribution in [2.24, 2.45) is 0 Å². The molecular weight excluding hydrogens is 371 g/mol. The molecule has 152 valence electrons. The molecule has 2 heterocycles. The zero-order chi connectivity index (χ0) is 20.1. The number of aromatic nitrogens is 3. The molecule has 5 nitrogen and oxygen atoms in total. The quantitative estimate of drug-likeness (QED) is 0.658. The molecule has 0 aromatic carbocycles. The molecule has 3 rings (SSSR count). The highest BCUT2D eigenvalue weighted by atomic mass is 19.4. The molecule has 0 bridgehead atoms. The highest BCUT2D eigenvalue weighted by Gasteiger charge is 2.31. The SMILES string of the molecule is CCOC(=O)CCc1cn(-c2ccc(C(F)(F)F)cn2)nc1C1CCCCC1. The van der Waals surface area contributed by atoms with Crippen molar-refractivity contribution in [3.05, 3.63) is 41.3 Å². The highest BCUT2D eigenvalue weighted by molar-refractivity contribution is 5.69. The van der Waals surface area contributed by atoms with Gasteiger partial charge in [-0.15, -0.1) is 0 Å². The number of carbonyl (C=O) groups is 1. The van der Waals surface area contributed by atoms with Gasteiger partial charge in [0.2, 0.25) is 0 Å². The Morgan fingerprint density at radius 2 is 2.00 bits per heavy atom. The van der Waals surface area contributed by atoms with Crippen LogP contribution in [0.1, 0.15) is 68.2 Å². The van der Waals surface area contributed by atoms with Crippen LogP contribution in [0.5, 0.6) is 0 Å². The van der Waals surface area contributed by atoms with Crippen molar-refractivity contribution in [1.82, 2.24) is 14.8 Å². The molecule has 8 heteroatoms. The van der Waals surface area contributed by atoms with Gasteiger partial charge in [-0.1, -0.05) is 19.3 Å². The predicted molar refractivity (Wildman–Crippen MR) is 97.1 cm³/mol. The van der Waals surface area contributed by atoms with Crippen LogP contribution >= 0.6 is 0 Å². The van der Waals surface area contributed by atoms with Gasteiger partial charge in [-0.05, 0) is 43.9 Å². The van der Waals surface area contributed by atoms with Crippen LogP contribution in [0.4, 0.5) is 13.2 Å². The number of carbonyl (C=O) groups excluding carboxylic acids is 1. The molecule has 1 aliphatic carbocycles. The van der Waals surface area contributed by atoms with E-state index in [4.69, 9.17) is 4.74 Å². The summed E-state index contributed by atoms with van der Waals surface area (Å²) >= 11 is 0. The minimum absolute atomic E-state index is 0.250. The Morgan fingerprint density at radius 3 is 2.61 bits per heavy atom. The molecular formula is C20H24F3N3O2. The van der Waals surface area contributed by atoms with Crippen molar-refractivity contribution in [2.75, 3.05) is 6.61 Å². The minimum atomic E-state index is -4.42. The van der Waals surface area contributed by atoms with Gasteiger partial charge in [0, 0.05) is 24.7 Å². The van der Waals surface area contributed by atoms with Crippen LogP contribution in [0, 0.1) is 0 Å². The zero-order valence-electron chi connectivity index (χ0n) is 15.8. The van der Waals surface area contributed by atoms with E-state index in [9.17, 15) is 18.0 Å². The number of aryl methyl sites for hydroxylation is 1. The number of halogens is 3. The second-order valence-electron chi connectivity index (χ2n) is 7.03.